The lowest BCUT2D eigenvalue weighted by Crippen LogP contribution is -2.35. The first-order valence-electron chi connectivity index (χ1n) is 37.8. The summed E-state index contributed by atoms with van der Waals surface area (Å²) < 4.78 is 24.7. The van der Waals surface area contributed by atoms with E-state index in [0.717, 1.165) is 38.5 Å². The lowest BCUT2D eigenvalue weighted by Gasteiger charge is -2.22. The minimum absolute atomic E-state index is 0.0139. The molecule has 0 aromatic carbocycles. The summed E-state index contributed by atoms with van der Waals surface area (Å²) in [6.07, 6.45) is 7.98. The zero-order valence-electron chi connectivity index (χ0n) is 75.0. The van der Waals surface area contributed by atoms with Gasteiger partial charge in [0.2, 0.25) is 5.91 Å². The summed E-state index contributed by atoms with van der Waals surface area (Å²) in [4.78, 5) is 165. The lowest BCUT2D eigenvalue weighted by atomic mass is 9.87. The maximum atomic E-state index is 11.4. The molecular weight excluding hydrogens is 1370 g/mol. The number of esters is 4. The van der Waals surface area contributed by atoms with Crippen molar-refractivity contribution in [2.24, 2.45) is 59.9 Å². The predicted octanol–water partition coefficient (Wildman–Crippen LogP) is 16.0. The molecule has 1 atom stereocenters. The number of unbranched alkanes of at least 4 members (excludes halogenated alkanes) is 1. The average molecular weight is 1530 g/mol. The molecule has 0 radical (unpaired) electrons. The highest BCUT2D eigenvalue weighted by atomic mass is 16.5. The van der Waals surface area contributed by atoms with E-state index in [1.165, 1.54) is 27.7 Å². The number of Topliss-reactive ketones (excluding diaryl/α,β-unsaturated/α-hetero) is 9. The van der Waals surface area contributed by atoms with Crippen LogP contribution in [-0.2, 0) is 95.6 Å². The van der Waals surface area contributed by atoms with Gasteiger partial charge >= 0.3 is 23.9 Å². The molecule has 630 valence electrons. The Morgan fingerprint density at radius 1 is 0.327 bits per heavy atom. The van der Waals surface area contributed by atoms with Gasteiger partial charge in [0.1, 0.15) is 53.7 Å². The van der Waals surface area contributed by atoms with E-state index in [1.54, 1.807) is 48.5 Å². The minimum Gasteiger partial charge on any atom is -0.465 e. The molecule has 0 aliphatic heterocycles. The van der Waals surface area contributed by atoms with Crippen molar-refractivity contribution in [3.05, 3.63) is 0 Å². The molecule has 0 unspecified atom stereocenters. The van der Waals surface area contributed by atoms with Crippen LogP contribution in [0.3, 0.4) is 0 Å². The molecule has 4 N–H and O–H groups in total. The molecule has 107 heavy (non-hydrogen) atoms. The molecule has 0 aromatic heterocycles. The Bertz CT molecular complexity index is 2560. The van der Waals surface area contributed by atoms with Gasteiger partial charge in [-0.3, -0.25) is 62.3 Å². The Morgan fingerprint density at radius 3 is 1.01 bits per heavy atom. The topological polar surface area (TPSA) is 352 Å². The first-order chi connectivity index (χ1) is 47.6. The highest BCUT2D eigenvalue weighted by molar-refractivity contribution is 6.00. The van der Waals surface area contributed by atoms with E-state index in [9.17, 15) is 71.9 Å². The minimum atomic E-state index is -0.551. The van der Waals surface area contributed by atoms with Gasteiger partial charge < -0.3 is 49.6 Å². The molecule has 0 aliphatic rings. The molecule has 0 rings (SSSR count). The SMILES string of the molecule is CC(=O)CC(=O)C(C)(C)C.CC(=O)CCCNC(=O)C(C)(C)C.CC(=O)CCCOC(=O)C(C)(C)C.CC(=O)COCC(=O)C(C)(C)C.CC(=O)[C@@H](N)CCC(=O)C(C)(C)C.CC(C)(C)COC(=O)C(C)(C)C.CCCCC(=O)C(C)(C)C.CCCNC(=O)COC(=O)C(C)(C)C.CCCOC(=O)C(C)(C)C. The fraction of sp³-hybridized carbons (Fsp3) is 0.821. The molecule has 0 saturated heterocycles. The first-order valence-corrected chi connectivity index (χ1v) is 37.8. The van der Waals surface area contributed by atoms with Gasteiger partial charge in [-0.1, -0.05) is 152 Å². The van der Waals surface area contributed by atoms with Crippen LogP contribution in [0.4, 0.5) is 0 Å². The summed E-state index contributed by atoms with van der Waals surface area (Å²) in [5.74, 6) is -0.315. The van der Waals surface area contributed by atoms with Crippen molar-refractivity contribution in [1.29, 1.82) is 0 Å². The third-order valence-electron chi connectivity index (χ3n) is 13.3. The van der Waals surface area contributed by atoms with Gasteiger partial charge in [-0.15, -0.1) is 0 Å². The Morgan fingerprint density at radius 2 is 0.701 bits per heavy atom. The van der Waals surface area contributed by atoms with Crippen LogP contribution in [0.15, 0.2) is 0 Å². The Balaban J connectivity index is -0.000000145. The van der Waals surface area contributed by atoms with Crippen molar-refractivity contribution in [2.45, 2.75) is 346 Å². The van der Waals surface area contributed by atoms with Gasteiger partial charge in [0, 0.05) is 65.8 Å². The molecule has 0 heterocycles. The van der Waals surface area contributed by atoms with Crippen molar-refractivity contribution in [3.63, 3.8) is 0 Å². The normalized spacial score (nSPS) is 11.7. The van der Waals surface area contributed by atoms with E-state index in [-0.39, 0.29) is 152 Å². The molecule has 23 heteroatoms. The van der Waals surface area contributed by atoms with Gasteiger partial charge in [-0.25, -0.2) is 0 Å². The van der Waals surface area contributed by atoms with E-state index in [1.807, 2.05) is 180 Å². The van der Waals surface area contributed by atoms with Crippen LogP contribution in [0.5, 0.6) is 0 Å². The molecule has 0 bridgehead atoms. The molecule has 0 saturated carbocycles. The zero-order chi connectivity index (χ0) is 87.3. The number of amides is 2. The number of ketones is 9. The highest BCUT2D eigenvalue weighted by Gasteiger charge is 2.29. The second-order valence-electron chi connectivity index (χ2n) is 37.1. The van der Waals surface area contributed by atoms with Crippen molar-refractivity contribution in [3.8, 4) is 0 Å². The number of hydrogen-bond donors (Lipinski definition) is 3. The fourth-order valence-electron chi connectivity index (χ4n) is 5.65. The molecule has 0 aromatic rings. The molecule has 0 fully saturated rings. The van der Waals surface area contributed by atoms with Crippen LogP contribution >= 0.6 is 0 Å². The number of rotatable bonds is 28. The third kappa shape index (κ3) is 88.6. The number of hydrogen-bond acceptors (Lipinski definition) is 21. The van der Waals surface area contributed by atoms with Crippen molar-refractivity contribution in [1.82, 2.24) is 10.6 Å². The summed E-state index contributed by atoms with van der Waals surface area (Å²) in [6.45, 7) is 71.9. The maximum Gasteiger partial charge on any atom is 0.311 e. The van der Waals surface area contributed by atoms with Crippen molar-refractivity contribution in [2.75, 3.05) is 52.7 Å². The quantitative estimate of drug-likeness (QED) is 0.0283. The van der Waals surface area contributed by atoms with E-state index < -0.39 is 16.9 Å². The largest absolute Gasteiger partial charge is 0.465 e. The smallest absolute Gasteiger partial charge is 0.311 e. The molecule has 23 nitrogen and oxygen atoms in total. The summed E-state index contributed by atoms with van der Waals surface area (Å²) >= 11 is 0. The summed E-state index contributed by atoms with van der Waals surface area (Å²) in [5.41, 5.74) is 2.29. The summed E-state index contributed by atoms with van der Waals surface area (Å²) in [6, 6.07) is -0.480. The molecule has 2 amide bonds. The lowest BCUT2D eigenvalue weighted by molar-refractivity contribution is -0.156. The Hall–Kier alpha value is -6.23. The average Bonchev–Trinajstić information content (AvgIpc) is 0.945. The van der Waals surface area contributed by atoms with E-state index in [0.29, 0.717) is 70.8 Å². The monoisotopic (exact) mass is 1530 g/mol. The Kier molecular flexibility index (Phi) is 65.3. The van der Waals surface area contributed by atoms with Crippen molar-refractivity contribution < 1.29 is 95.6 Å². The van der Waals surface area contributed by atoms with Crippen LogP contribution < -0.4 is 16.4 Å². The van der Waals surface area contributed by atoms with Gasteiger partial charge in [-0.2, -0.15) is 0 Å². The van der Waals surface area contributed by atoms with Gasteiger partial charge in [0.15, 0.2) is 18.2 Å². The van der Waals surface area contributed by atoms with Gasteiger partial charge in [0.05, 0.1) is 53.9 Å². The first kappa shape index (κ1) is 119. The van der Waals surface area contributed by atoms with Crippen LogP contribution in [0.1, 0.15) is 340 Å². The fourth-order valence-corrected chi connectivity index (χ4v) is 5.65. The third-order valence-corrected chi connectivity index (χ3v) is 13.3. The number of ether oxygens (including phenoxy) is 5. The number of carbonyl (C=O) groups excluding carboxylic acids is 15. The molecular formula is C84H159N3O20. The van der Waals surface area contributed by atoms with Gasteiger partial charge in [0.25, 0.3) is 5.91 Å². The second-order valence-corrected chi connectivity index (χ2v) is 37.1. The number of nitrogens with two attached hydrogens (primary N) is 1. The van der Waals surface area contributed by atoms with E-state index >= 15 is 0 Å². The van der Waals surface area contributed by atoms with Crippen LogP contribution in [-0.4, -0.2) is 147 Å². The summed E-state index contributed by atoms with van der Waals surface area (Å²) in [7, 11) is 0. The highest BCUT2D eigenvalue weighted by Crippen LogP contribution is 2.23. The predicted molar refractivity (Wildman–Crippen MR) is 429 cm³/mol. The zero-order valence-corrected chi connectivity index (χ0v) is 75.0. The van der Waals surface area contributed by atoms with Crippen LogP contribution in [0, 0.1) is 54.1 Å². The second kappa shape index (κ2) is 58.7. The Labute approximate surface area is 650 Å². The summed E-state index contributed by atoms with van der Waals surface area (Å²) in [5, 5.41) is 5.41. The van der Waals surface area contributed by atoms with E-state index in [4.69, 9.17) is 29.4 Å². The number of carbonyl (C=O) groups is 15. The van der Waals surface area contributed by atoms with Crippen LogP contribution in [0.25, 0.3) is 0 Å². The maximum absolute atomic E-state index is 11.4. The molecule has 0 aliphatic carbocycles. The van der Waals surface area contributed by atoms with Crippen LogP contribution in [0.2, 0.25) is 0 Å². The standard InChI is InChI=1S/C10H19NO3.2C10H19NO2.C10H18O3.C10H20O2.C9H16O3.C9H18O.C8H14O2.C8H16O2/c1-5-6-11-8(12)7-14-9(13)10(2,3)4;1-8(12)6-5-7-11-9(13)10(2,3)4;1-7(12)8(11)5-6-9(13)10(2,3)4;1-8(11)6-5-7-13-9(12)10(2,3)4;1-9(2,3)7-12-8(11)10(4,5)6;1-7(10)5-12-6-8(11)9(2,3)4;1-5-6-7-8(10)9(2,3)4;1-6(9)5-7(10)8(2,3)4;1-5-6-10-7(9)8(2,3)4/h5-7H2,1-4H3,(H,11,12);5-7H2,1-4H3,(H,11,13);8H,5-6,11H2,1-4H3;5-7H2,1-4H3;7H2,1-6H3;5-6H2,1-4H3;5-7H2,1-4H3;5H2,1-4H3;5-6H2,1-4H3/t;;8-;;;;;;/m..0....../s1. The molecule has 0 spiro atoms. The number of nitrogens with one attached hydrogen (secondary N) is 2. The van der Waals surface area contributed by atoms with Gasteiger partial charge in [-0.05, 0) is 162 Å². The van der Waals surface area contributed by atoms with Crippen molar-refractivity contribution >= 4 is 87.7 Å². The van der Waals surface area contributed by atoms with E-state index in [2.05, 4.69) is 17.6 Å².